The fourth-order valence-electron chi connectivity index (χ4n) is 8.06. The summed E-state index contributed by atoms with van der Waals surface area (Å²) >= 11 is 0. The van der Waals surface area contributed by atoms with Gasteiger partial charge in [0.2, 0.25) is 11.9 Å². The second kappa shape index (κ2) is 22.1. The van der Waals surface area contributed by atoms with Crippen molar-refractivity contribution in [3.63, 3.8) is 0 Å². The van der Waals surface area contributed by atoms with Crippen LogP contribution >= 0.6 is 0 Å². The van der Waals surface area contributed by atoms with E-state index in [-0.39, 0.29) is 66.5 Å². The van der Waals surface area contributed by atoms with E-state index in [9.17, 15) is 29.1 Å². The Hall–Kier alpha value is -8.15. The Labute approximate surface area is 399 Å². The highest BCUT2D eigenvalue weighted by Crippen LogP contribution is 2.36. The molecule has 0 radical (unpaired) electrons. The molecular weight excluding hydrogens is 881 g/mol. The summed E-state index contributed by atoms with van der Waals surface area (Å²) in [5.41, 5.74) is 12.3. The van der Waals surface area contributed by atoms with E-state index in [1.807, 2.05) is 51.3 Å². The molecule has 0 atom stereocenters. The predicted molar refractivity (Wildman–Crippen MR) is 261 cm³/mol. The number of carboxylic acid groups (broad SMARTS) is 1. The Morgan fingerprint density at radius 3 is 2.33 bits per heavy atom. The van der Waals surface area contributed by atoms with Gasteiger partial charge >= 0.3 is 5.97 Å². The molecule has 18 nitrogen and oxygen atoms in total. The summed E-state index contributed by atoms with van der Waals surface area (Å²) in [7, 11) is 0. The van der Waals surface area contributed by atoms with Crippen molar-refractivity contribution in [1.82, 2.24) is 34.9 Å². The third kappa shape index (κ3) is 11.5. The molecule has 0 saturated carbocycles. The number of primary amides is 1. The lowest BCUT2D eigenvalue weighted by Crippen LogP contribution is -2.32. The lowest BCUT2D eigenvalue weighted by molar-refractivity contribution is 0.0694. The van der Waals surface area contributed by atoms with E-state index in [4.69, 9.17) is 25.2 Å². The Morgan fingerprint density at radius 1 is 0.826 bits per heavy atom. The number of rotatable bonds is 21. The molecular formula is C51H56N10O8. The number of carboxylic acids is 1. The van der Waals surface area contributed by atoms with Gasteiger partial charge < -0.3 is 35.5 Å². The van der Waals surface area contributed by atoms with E-state index >= 15 is 0 Å². The van der Waals surface area contributed by atoms with Crippen LogP contribution in [0.25, 0.3) is 11.0 Å². The lowest BCUT2D eigenvalue weighted by atomic mass is 10.0. The Bertz CT molecular complexity index is 3000. The van der Waals surface area contributed by atoms with Gasteiger partial charge in [-0.05, 0) is 100 Å². The normalized spacial score (nSPS) is 11.9. The number of nitrogens with one attached hydrogen (secondary N) is 3. The van der Waals surface area contributed by atoms with Crippen LogP contribution in [-0.2, 0) is 32.4 Å². The highest BCUT2D eigenvalue weighted by atomic mass is 16.5. The van der Waals surface area contributed by atoms with Crippen molar-refractivity contribution in [3.8, 4) is 11.5 Å². The van der Waals surface area contributed by atoms with Gasteiger partial charge in [-0.25, -0.2) is 14.8 Å². The van der Waals surface area contributed by atoms with Crippen molar-refractivity contribution in [2.45, 2.75) is 86.2 Å². The number of hydrogen-bond donors (Lipinski definition) is 5. The van der Waals surface area contributed by atoms with Crippen LogP contribution < -0.4 is 31.2 Å². The zero-order valence-electron chi connectivity index (χ0n) is 39.3. The molecule has 3 aromatic heterocycles. The third-order valence-electron chi connectivity index (χ3n) is 11.5. The maximum Gasteiger partial charge on any atom is 0.335 e. The number of amidine groups is 1. The number of anilines is 1. The van der Waals surface area contributed by atoms with Gasteiger partial charge in [-0.15, -0.1) is 0 Å². The third-order valence-corrected chi connectivity index (χ3v) is 11.5. The van der Waals surface area contributed by atoms with Crippen LogP contribution in [0.3, 0.4) is 0 Å². The number of aliphatic imine (C=N–C) groups is 1. The number of carbonyl (C=O) groups is 5. The van der Waals surface area contributed by atoms with Crippen LogP contribution in [0, 0.1) is 13.8 Å². The van der Waals surface area contributed by atoms with Crippen molar-refractivity contribution in [3.05, 3.63) is 135 Å². The maximum atomic E-state index is 13.7. The fourth-order valence-corrected chi connectivity index (χ4v) is 8.06. The van der Waals surface area contributed by atoms with Crippen molar-refractivity contribution in [1.29, 1.82) is 0 Å². The molecule has 358 valence electrons. The molecule has 3 aromatic carbocycles. The zero-order valence-corrected chi connectivity index (χ0v) is 39.3. The number of aryl methyl sites for hydroxylation is 5. The Morgan fingerprint density at radius 2 is 1.59 bits per heavy atom. The van der Waals surface area contributed by atoms with Crippen molar-refractivity contribution >= 4 is 58.1 Å². The first-order chi connectivity index (χ1) is 33.3. The van der Waals surface area contributed by atoms with Crippen LogP contribution in [0.4, 0.5) is 11.6 Å². The maximum absolute atomic E-state index is 13.7. The number of aromatic nitrogens is 5. The highest BCUT2D eigenvalue weighted by molar-refractivity contribution is 6.09. The molecule has 6 N–H and O–H groups in total. The number of fused-ring (bicyclic) bond motifs is 2. The molecule has 0 saturated heterocycles. The first-order valence-corrected chi connectivity index (χ1v) is 23.0. The quantitative estimate of drug-likeness (QED) is 0.0361. The Kier molecular flexibility index (Phi) is 15.6. The molecule has 69 heavy (non-hydrogen) atoms. The summed E-state index contributed by atoms with van der Waals surface area (Å²) < 4.78 is 16.2. The molecule has 1 aliphatic rings. The van der Waals surface area contributed by atoms with Gasteiger partial charge in [0.1, 0.15) is 28.5 Å². The highest BCUT2D eigenvalue weighted by Gasteiger charge is 2.26. The number of imidazole rings is 1. The smallest absolute Gasteiger partial charge is 0.335 e. The number of pyridine rings is 1. The van der Waals surface area contributed by atoms with Crippen LogP contribution in [0.1, 0.15) is 120 Å². The monoisotopic (exact) mass is 936 g/mol. The number of nitrogens with two attached hydrogens (primary N) is 1. The molecule has 18 heteroatoms. The second-order valence-electron chi connectivity index (χ2n) is 16.4. The van der Waals surface area contributed by atoms with Crippen molar-refractivity contribution in [2.75, 3.05) is 25.1 Å². The van der Waals surface area contributed by atoms with E-state index in [0.717, 1.165) is 12.0 Å². The lowest BCUT2D eigenvalue weighted by Gasteiger charge is -2.15. The van der Waals surface area contributed by atoms with Crippen molar-refractivity contribution < 1.29 is 38.6 Å². The van der Waals surface area contributed by atoms with Gasteiger partial charge in [-0.3, -0.25) is 34.2 Å². The average molecular weight is 937 g/mol. The number of ether oxygens (including phenoxy) is 2. The number of allylic oxidation sites excluding steroid dienone is 2. The van der Waals surface area contributed by atoms with Gasteiger partial charge in [0, 0.05) is 66.6 Å². The number of benzene rings is 3. The van der Waals surface area contributed by atoms with Gasteiger partial charge in [0.15, 0.2) is 0 Å². The summed E-state index contributed by atoms with van der Waals surface area (Å²) in [6, 6.07) is 16.6. The van der Waals surface area contributed by atoms with E-state index in [2.05, 4.69) is 26.0 Å². The first kappa shape index (κ1) is 48.8. The minimum atomic E-state index is -1.01. The van der Waals surface area contributed by atoms with Gasteiger partial charge in [-0.1, -0.05) is 44.2 Å². The summed E-state index contributed by atoms with van der Waals surface area (Å²) in [6.45, 7) is 10.9. The van der Waals surface area contributed by atoms with E-state index in [0.29, 0.717) is 107 Å². The van der Waals surface area contributed by atoms with Gasteiger partial charge in [0.05, 0.1) is 35.7 Å². The zero-order chi connectivity index (χ0) is 49.2. The number of nitrogens with zero attached hydrogens (tertiary/aromatic N) is 6. The molecule has 7 rings (SSSR count). The molecule has 6 aromatic rings. The largest absolute Gasteiger partial charge is 0.493 e. The molecule has 1 aliphatic heterocycles. The Balaban J connectivity index is 1.09. The van der Waals surface area contributed by atoms with E-state index < -0.39 is 11.9 Å². The number of amides is 4. The summed E-state index contributed by atoms with van der Waals surface area (Å²) in [4.78, 5) is 78.8. The first-order valence-electron chi connectivity index (χ1n) is 23.0. The summed E-state index contributed by atoms with van der Waals surface area (Å²) in [5.74, 6) is -1.44. The summed E-state index contributed by atoms with van der Waals surface area (Å²) in [6.07, 6.45) is 8.57. The predicted octanol–water partition coefficient (Wildman–Crippen LogP) is 7.07. The topological polar surface area (TPSA) is 247 Å². The molecule has 0 unspecified atom stereocenters. The minimum Gasteiger partial charge on any atom is -0.493 e. The molecule has 0 bridgehead atoms. The van der Waals surface area contributed by atoms with Crippen LogP contribution in [0.5, 0.6) is 11.5 Å². The molecule has 4 heterocycles. The fraction of sp³-hybridized carbons (Fsp3) is 0.314. The molecule has 0 fully saturated rings. The van der Waals surface area contributed by atoms with Crippen LogP contribution in [0.15, 0.2) is 84.0 Å². The number of hydrogen-bond acceptors (Lipinski definition) is 11. The minimum absolute atomic E-state index is 0.126. The number of aromatic carboxylic acids is 1. The molecule has 4 amide bonds. The van der Waals surface area contributed by atoms with Crippen molar-refractivity contribution in [2.24, 2.45) is 10.7 Å². The number of carbonyl (C=O) groups excluding carboxylic acids is 4. The molecule has 0 aliphatic carbocycles. The molecule has 0 spiro atoms. The summed E-state index contributed by atoms with van der Waals surface area (Å²) in [5, 5.41) is 22.8. The van der Waals surface area contributed by atoms with Gasteiger partial charge in [-0.2, -0.15) is 5.10 Å². The SMILES string of the molecule is CC/C=C/Cn1c(NC(=O)c2cc(C)ncc2CC)nc2cc(C(N)=O)cc(OCCCOc3cc(C(=O)NCCCc4ccccc4C(=O)O)cc4c3CC(NC(=O)c3cc(C)nn3CC)=N4)c21. The average Bonchev–Trinajstić information content (AvgIpc) is 4.04. The van der Waals surface area contributed by atoms with E-state index in [1.54, 1.807) is 71.5 Å². The van der Waals surface area contributed by atoms with Crippen LogP contribution in [-0.4, -0.2) is 84.6 Å². The standard InChI is InChI=1S/C51H56N10O8/c1-6-9-12-19-60-45-40(56-51(60)58-48(64)37-22-30(4)54-29-32(37)7-2)24-34(46(52)62)26-43(45)69-21-14-20-68-42-27-35(47(63)53-18-13-16-33-15-10-11-17-36(33)50(66)67)25-39-38(42)28-44(55-39)57-49(65)41-23-31(5)59-61(41)8-3/h9-12,15,17,22-27,29H,6-8,13-14,16,18-21,28H2,1-5H3,(H2,52,62)(H,53,63)(H,66,67)(H,55,57,65)(H,56,58,64)/b12-9+. The van der Waals surface area contributed by atoms with Crippen LogP contribution in [0.2, 0.25) is 0 Å². The van der Waals surface area contributed by atoms with E-state index in [1.165, 1.54) is 0 Å². The second-order valence-corrected chi connectivity index (χ2v) is 16.4. The van der Waals surface area contributed by atoms with Gasteiger partial charge in [0.25, 0.3) is 17.7 Å².